The fourth-order valence-electron chi connectivity index (χ4n) is 6.61. The standard InChI is InChI=1S/C35H42N4O7S/c1-20-21(2)30(22(3)27-18-34(4,5)46-29(20)27)47(43,44)39-32(36)37-17-11-16-35(6,31(40)41)38-33(42)45-19-28-25-14-9-7-12-23(25)24-13-8-10-15-26(24)28/h7-10,12-15,28H,11,16-19H2,1-6H3,(H,38,42)(H,40,41)(H3,36,37,39)/t35-/m0/s1. The molecule has 1 aliphatic heterocycles. The zero-order chi connectivity index (χ0) is 34.3. The Balaban J connectivity index is 1.15. The van der Waals surface area contributed by atoms with Crippen molar-refractivity contribution in [2.45, 2.75) is 82.8 Å². The minimum Gasteiger partial charge on any atom is -0.487 e. The molecular formula is C35H42N4O7S. The molecule has 1 heterocycles. The molecule has 0 saturated heterocycles. The molecule has 0 aromatic heterocycles. The number of amides is 1. The molecule has 0 bridgehead atoms. The van der Waals surface area contributed by atoms with Gasteiger partial charge in [-0.25, -0.2) is 22.7 Å². The zero-order valence-electron chi connectivity index (χ0n) is 27.5. The van der Waals surface area contributed by atoms with E-state index in [0.717, 1.165) is 33.4 Å². The van der Waals surface area contributed by atoms with Crippen molar-refractivity contribution in [1.82, 2.24) is 15.4 Å². The molecule has 12 heteroatoms. The normalized spacial score (nSPS) is 15.8. The van der Waals surface area contributed by atoms with E-state index in [1.807, 2.05) is 69.3 Å². The van der Waals surface area contributed by atoms with Crippen LogP contribution in [-0.4, -0.2) is 55.8 Å². The highest BCUT2D eigenvalue weighted by Crippen LogP contribution is 2.45. The second-order valence-electron chi connectivity index (χ2n) is 13.1. The van der Waals surface area contributed by atoms with Gasteiger partial charge in [-0.2, -0.15) is 0 Å². The zero-order valence-corrected chi connectivity index (χ0v) is 28.4. The fourth-order valence-corrected chi connectivity index (χ4v) is 8.13. The fraction of sp³-hybridized carbons (Fsp3) is 0.400. The van der Waals surface area contributed by atoms with Gasteiger partial charge in [-0.15, -0.1) is 0 Å². The molecule has 5 rings (SSSR count). The van der Waals surface area contributed by atoms with Gasteiger partial charge >= 0.3 is 12.1 Å². The summed E-state index contributed by atoms with van der Waals surface area (Å²) in [5.74, 6) is -1.14. The van der Waals surface area contributed by atoms with E-state index in [2.05, 4.69) is 15.4 Å². The maximum Gasteiger partial charge on any atom is 0.408 e. The number of carbonyl (C=O) groups excluding carboxylic acids is 1. The van der Waals surface area contributed by atoms with E-state index in [1.165, 1.54) is 6.92 Å². The van der Waals surface area contributed by atoms with E-state index in [-0.39, 0.29) is 36.8 Å². The molecule has 0 radical (unpaired) electrons. The summed E-state index contributed by atoms with van der Waals surface area (Å²) in [7, 11) is -4.11. The van der Waals surface area contributed by atoms with Gasteiger partial charge in [-0.3, -0.25) is 5.41 Å². The lowest BCUT2D eigenvalue weighted by Gasteiger charge is -2.26. The highest BCUT2D eigenvalue weighted by Gasteiger charge is 2.38. The number of guanidine groups is 1. The Labute approximate surface area is 275 Å². The molecule has 0 fully saturated rings. The molecule has 11 nitrogen and oxygen atoms in total. The van der Waals surface area contributed by atoms with Crippen molar-refractivity contribution in [3.8, 4) is 16.9 Å². The van der Waals surface area contributed by atoms with Gasteiger partial charge in [0.25, 0.3) is 10.0 Å². The van der Waals surface area contributed by atoms with Crippen molar-refractivity contribution < 1.29 is 32.6 Å². The smallest absolute Gasteiger partial charge is 0.408 e. The second kappa shape index (κ2) is 12.6. The molecule has 1 atom stereocenters. The van der Waals surface area contributed by atoms with Crippen LogP contribution >= 0.6 is 0 Å². The lowest BCUT2D eigenvalue weighted by atomic mass is 9.94. The number of alkyl carbamates (subject to hydrolysis) is 1. The average molecular weight is 663 g/mol. The summed E-state index contributed by atoms with van der Waals surface area (Å²) in [5.41, 5.74) is 4.88. The number of carboxylic acids is 1. The number of hydrogen-bond acceptors (Lipinski definition) is 7. The number of ether oxygens (including phenoxy) is 2. The number of rotatable bonds is 10. The Bertz CT molecular complexity index is 1830. The van der Waals surface area contributed by atoms with Gasteiger partial charge < -0.3 is 25.2 Å². The predicted molar refractivity (Wildman–Crippen MR) is 179 cm³/mol. The van der Waals surface area contributed by atoms with Gasteiger partial charge in [0, 0.05) is 24.4 Å². The number of sulfonamides is 1. The van der Waals surface area contributed by atoms with Gasteiger partial charge in [0.15, 0.2) is 0 Å². The molecule has 250 valence electrons. The summed E-state index contributed by atoms with van der Waals surface area (Å²) in [6.07, 6.45) is -0.0781. The molecule has 1 amide bonds. The van der Waals surface area contributed by atoms with Gasteiger partial charge in [-0.05, 0) is 93.3 Å². The van der Waals surface area contributed by atoms with Gasteiger partial charge in [0.05, 0.1) is 4.90 Å². The van der Waals surface area contributed by atoms with E-state index < -0.39 is 39.2 Å². The second-order valence-corrected chi connectivity index (χ2v) is 14.8. The Hall–Kier alpha value is -4.58. The summed E-state index contributed by atoms with van der Waals surface area (Å²) in [4.78, 5) is 25.1. The number of fused-ring (bicyclic) bond motifs is 4. The first-order chi connectivity index (χ1) is 22.0. The summed E-state index contributed by atoms with van der Waals surface area (Å²) >= 11 is 0. The van der Waals surface area contributed by atoms with Crippen molar-refractivity contribution >= 4 is 28.0 Å². The molecule has 0 unspecified atom stereocenters. The minimum absolute atomic E-state index is 0.00240. The molecule has 0 spiro atoms. The first kappa shape index (κ1) is 33.8. The summed E-state index contributed by atoms with van der Waals surface area (Å²) in [6.45, 7) is 10.7. The number of carbonyl (C=O) groups is 2. The first-order valence-electron chi connectivity index (χ1n) is 15.6. The maximum atomic E-state index is 13.4. The summed E-state index contributed by atoms with van der Waals surface area (Å²) in [6, 6.07) is 15.8. The molecule has 2 aliphatic rings. The molecule has 0 saturated carbocycles. The van der Waals surface area contributed by atoms with E-state index in [4.69, 9.17) is 14.9 Å². The van der Waals surface area contributed by atoms with Crippen molar-refractivity contribution in [1.29, 1.82) is 5.41 Å². The lowest BCUT2D eigenvalue weighted by Crippen LogP contribution is -2.53. The third-order valence-corrected chi connectivity index (χ3v) is 10.8. The quantitative estimate of drug-likeness (QED) is 0.111. The third kappa shape index (κ3) is 6.64. The van der Waals surface area contributed by atoms with Crippen LogP contribution in [0.15, 0.2) is 53.4 Å². The largest absolute Gasteiger partial charge is 0.487 e. The molecule has 3 aromatic carbocycles. The molecule has 3 aromatic rings. The van der Waals surface area contributed by atoms with E-state index in [1.54, 1.807) is 13.8 Å². The predicted octanol–water partition coefficient (Wildman–Crippen LogP) is 5.29. The van der Waals surface area contributed by atoms with E-state index >= 15 is 0 Å². The summed E-state index contributed by atoms with van der Waals surface area (Å²) in [5, 5.41) is 23.4. The Morgan fingerprint density at radius 2 is 1.62 bits per heavy atom. The van der Waals surface area contributed by atoms with Crippen LogP contribution in [0.5, 0.6) is 5.75 Å². The topological polar surface area (TPSA) is 167 Å². The van der Waals surface area contributed by atoms with Crippen LogP contribution in [0.3, 0.4) is 0 Å². The highest BCUT2D eigenvalue weighted by molar-refractivity contribution is 7.90. The van der Waals surface area contributed by atoms with Gasteiger partial charge in [0.2, 0.25) is 5.96 Å². The van der Waals surface area contributed by atoms with Crippen LogP contribution in [0.1, 0.15) is 72.9 Å². The molecular weight excluding hydrogens is 620 g/mol. The highest BCUT2D eigenvalue weighted by atomic mass is 32.2. The Kier molecular flexibility index (Phi) is 9.02. The van der Waals surface area contributed by atoms with Crippen LogP contribution in [0.25, 0.3) is 11.1 Å². The summed E-state index contributed by atoms with van der Waals surface area (Å²) < 4.78 is 40.8. The van der Waals surface area contributed by atoms with Crippen LogP contribution < -0.4 is 20.1 Å². The van der Waals surface area contributed by atoms with Crippen molar-refractivity contribution in [2.75, 3.05) is 13.2 Å². The van der Waals surface area contributed by atoms with Crippen LogP contribution in [0, 0.1) is 26.2 Å². The maximum absolute atomic E-state index is 13.4. The monoisotopic (exact) mass is 662 g/mol. The Morgan fingerprint density at radius 3 is 2.21 bits per heavy atom. The van der Waals surface area contributed by atoms with Gasteiger partial charge in [0.1, 0.15) is 23.5 Å². The molecule has 47 heavy (non-hydrogen) atoms. The molecule has 5 N–H and O–H groups in total. The van der Waals surface area contributed by atoms with Crippen LogP contribution in [-0.2, 0) is 26.0 Å². The van der Waals surface area contributed by atoms with Gasteiger partial charge in [-0.1, -0.05) is 48.5 Å². The third-order valence-electron chi connectivity index (χ3n) is 9.15. The number of aliphatic carboxylic acids is 1. The minimum atomic E-state index is -4.11. The number of hydrogen-bond donors (Lipinski definition) is 5. The van der Waals surface area contributed by atoms with E-state index in [9.17, 15) is 23.1 Å². The molecule has 1 aliphatic carbocycles. The average Bonchev–Trinajstić information content (AvgIpc) is 3.51. The van der Waals surface area contributed by atoms with E-state index in [0.29, 0.717) is 23.3 Å². The lowest BCUT2D eigenvalue weighted by molar-refractivity contribution is -0.144. The number of nitrogens with one attached hydrogen (secondary N) is 4. The van der Waals surface area contributed by atoms with Crippen LogP contribution in [0.4, 0.5) is 4.79 Å². The number of carboxylic acid groups (broad SMARTS) is 1. The number of benzene rings is 3. The Morgan fingerprint density at radius 1 is 1.02 bits per heavy atom. The van der Waals surface area contributed by atoms with Crippen molar-refractivity contribution in [3.63, 3.8) is 0 Å². The van der Waals surface area contributed by atoms with Crippen molar-refractivity contribution in [3.05, 3.63) is 81.9 Å². The first-order valence-corrected chi connectivity index (χ1v) is 17.1. The van der Waals surface area contributed by atoms with Crippen molar-refractivity contribution in [2.24, 2.45) is 0 Å². The SMILES string of the molecule is Cc1c(C)c(S(=O)(=O)NC(=N)NCCC[C@](C)(NC(=O)OCC2c3ccccc3-c3ccccc32)C(=O)O)c(C)c2c1OC(C)(C)C2. The van der Waals surface area contributed by atoms with Crippen LogP contribution in [0.2, 0.25) is 0 Å².